The van der Waals surface area contributed by atoms with Crippen LogP contribution in [0.25, 0.3) is 64.3 Å². The summed E-state index contributed by atoms with van der Waals surface area (Å²) in [5.74, 6) is 0. The molecule has 0 aliphatic rings. The first-order valence-electron chi connectivity index (χ1n) is 16.3. The van der Waals surface area contributed by atoms with Crippen molar-refractivity contribution in [1.82, 2.24) is 0 Å². The van der Waals surface area contributed by atoms with Crippen LogP contribution < -0.4 is 4.90 Å². The van der Waals surface area contributed by atoms with Gasteiger partial charge < -0.3 is 4.90 Å². The lowest BCUT2D eigenvalue weighted by molar-refractivity contribution is 1.28. The first-order chi connectivity index (χ1) is 23.8. The van der Waals surface area contributed by atoms with Crippen LogP contribution in [0.5, 0.6) is 0 Å². The Morgan fingerprint density at radius 1 is 0.333 bits per heavy atom. The van der Waals surface area contributed by atoms with E-state index in [0.717, 1.165) is 17.1 Å². The zero-order valence-electron chi connectivity index (χ0n) is 26.3. The Bertz CT molecular complexity index is 2530. The van der Waals surface area contributed by atoms with Crippen molar-refractivity contribution in [2.45, 2.75) is 0 Å². The predicted molar refractivity (Wildman–Crippen MR) is 208 cm³/mol. The van der Waals surface area contributed by atoms with Crippen LogP contribution in [0.4, 0.5) is 17.1 Å². The van der Waals surface area contributed by atoms with Crippen LogP contribution in [-0.2, 0) is 0 Å². The molecule has 1 nitrogen and oxygen atoms in total. The van der Waals surface area contributed by atoms with Crippen LogP contribution in [0.2, 0.25) is 0 Å². The summed E-state index contributed by atoms with van der Waals surface area (Å²) in [6.45, 7) is 0. The average Bonchev–Trinajstić information content (AvgIpc) is 3.52. The summed E-state index contributed by atoms with van der Waals surface area (Å²) < 4.78 is 2.67. The van der Waals surface area contributed by atoms with Crippen molar-refractivity contribution < 1.29 is 0 Å². The zero-order valence-corrected chi connectivity index (χ0v) is 27.1. The highest BCUT2D eigenvalue weighted by molar-refractivity contribution is 7.25. The molecule has 0 spiro atoms. The van der Waals surface area contributed by atoms with Crippen molar-refractivity contribution in [1.29, 1.82) is 0 Å². The molecule has 0 bridgehead atoms. The van der Waals surface area contributed by atoms with Crippen LogP contribution in [-0.4, -0.2) is 0 Å². The molecule has 0 radical (unpaired) electrons. The number of nitrogens with zero attached hydrogens (tertiary/aromatic N) is 1. The monoisotopic (exact) mass is 629 g/mol. The summed E-state index contributed by atoms with van der Waals surface area (Å²) in [5.41, 5.74) is 10.6. The molecule has 0 saturated carbocycles. The molecule has 9 rings (SSSR count). The number of para-hydroxylation sites is 1. The number of hydrogen-bond donors (Lipinski definition) is 0. The second kappa shape index (κ2) is 12.0. The van der Waals surface area contributed by atoms with Gasteiger partial charge in [-0.05, 0) is 93.2 Å². The number of benzene rings is 8. The Morgan fingerprint density at radius 3 is 1.62 bits per heavy atom. The van der Waals surface area contributed by atoms with Gasteiger partial charge in [0.05, 0.1) is 5.69 Å². The fourth-order valence-electron chi connectivity index (χ4n) is 6.84. The van der Waals surface area contributed by atoms with Crippen LogP contribution in [0.3, 0.4) is 0 Å². The van der Waals surface area contributed by atoms with Gasteiger partial charge in [0.1, 0.15) is 0 Å². The molecule has 0 atom stereocenters. The minimum atomic E-state index is 1.11. The maximum absolute atomic E-state index is 2.37. The van der Waals surface area contributed by atoms with E-state index in [1.54, 1.807) is 0 Å². The molecule has 2 heteroatoms. The fraction of sp³-hybridized carbons (Fsp3) is 0. The first kappa shape index (κ1) is 28.3. The fourth-order valence-corrected chi connectivity index (χ4v) is 7.98. The quantitative estimate of drug-likeness (QED) is 0.177. The normalized spacial score (nSPS) is 11.3. The average molecular weight is 630 g/mol. The number of hydrogen-bond acceptors (Lipinski definition) is 2. The van der Waals surface area contributed by atoms with Gasteiger partial charge in [0.2, 0.25) is 0 Å². The van der Waals surface area contributed by atoms with Crippen molar-refractivity contribution >= 4 is 59.3 Å². The molecule has 0 fully saturated rings. The van der Waals surface area contributed by atoms with Gasteiger partial charge in [-0.1, -0.05) is 133 Å². The van der Waals surface area contributed by atoms with E-state index < -0.39 is 0 Å². The third-order valence-electron chi connectivity index (χ3n) is 9.26. The topological polar surface area (TPSA) is 3.24 Å². The molecule has 0 N–H and O–H groups in total. The van der Waals surface area contributed by atoms with Gasteiger partial charge in [-0.3, -0.25) is 0 Å². The first-order valence-corrected chi connectivity index (χ1v) is 17.2. The Labute approximate surface area is 284 Å². The standard InChI is InChI=1S/C46H31NS/c1-3-11-32(12-4-1)33-21-25-39(26-22-33)47(44-17-9-7-15-41(44)35-13-5-2-6-14-35)40-27-23-34(24-28-40)36-19-20-37-30-43-42-16-8-10-18-45(42)48-46(43)31-38(37)29-36/h1-31H. The maximum Gasteiger partial charge on any atom is 0.0540 e. The van der Waals surface area contributed by atoms with Gasteiger partial charge in [0, 0.05) is 37.1 Å². The number of fused-ring (bicyclic) bond motifs is 4. The molecule has 226 valence electrons. The Balaban J connectivity index is 1.12. The van der Waals surface area contributed by atoms with E-state index in [2.05, 4.69) is 193 Å². The highest BCUT2D eigenvalue weighted by Crippen LogP contribution is 2.42. The van der Waals surface area contributed by atoms with Crippen LogP contribution in [0.15, 0.2) is 188 Å². The third-order valence-corrected chi connectivity index (χ3v) is 10.4. The zero-order chi connectivity index (χ0) is 31.9. The molecule has 0 amide bonds. The summed E-state index contributed by atoms with van der Waals surface area (Å²) in [5, 5.41) is 5.22. The molecular weight excluding hydrogens is 599 g/mol. The van der Waals surface area contributed by atoms with E-state index in [0.29, 0.717) is 0 Å². The molecule has 9 aromatic rings. The van der Waals surface area contributed by atoms with Crippen molar-refractivity contribution in [3.63, 3.8) is 0 Å². The Hall–Kier alpha value is -5.96. The lowest BCUT2D eigenvalue weighted by Crippen LogP contribution is -2.11. The van der Waals surface area contributed by atoms with E-state index in [1.165, 1.54) is 64.3 Å². The number of anilines is 3. The van der Waals surface area contributed by atoms with Crippen LogP contribution in [0.1, 0.15) is 0 Å². The van der Waals surface area contributed by atoms with Gasteiger partial charge in [0.25, 0.3) is 0 Å². The minimum Gasteiger partial charge on any atom is -0.310 e. The molecule has 0 aliphatic heterocycles. The van der Waals surface area contributed by atoms with Gasteiger partial charge in [-0.2, -0.15) is 0 Å². The summed E-state index contributed by atoms with van der Waals surface area (Å²) in [6.07, 6.45) is 0. The Morgan fingerprint density at radius 2 is 0.896 bits per heavy atom. The SMILES string of the molecule is c1ccc(-c2ccc(N(c3ccc(-c4ccc5cc6c(cc5c4)sc4ccccc46)cc3)c3ccccc3-c3ccccc3)cc2)cc1. The Kier molecular flexibility index (Phi) is 7.07. The van der Waals surface area contributed by atoms with Crippen molar-refractivity contribution in [2.75, 3.05) is 4.90 Å². The van der Waals surface area contributed by atoms with Crippen LogP contribution >= 0.6 is 11.3 Å². The summed E-state index contributed by atoms with van der Waals surface area (Å²) in [4.78, 5) is 2.37. The lowest BCUT2D eigenvalue weighted by atomic mass is 9.99. The smallest absolute Gasteiger partial charge is 0.0540 e. The third kappa shape index (κ3) is 5.13. The summed E-state index contributed by atoms with van der Waals surface area (Å²) in [6, 6.07) is 68.1. The second-order valence-corrected chi connectivity index (χ2v) is 13.3. The molecule has 0 aliphatic carbocycles. The highest BCUT2D eigenvalue weighted by atomic mass is 32.1. The lowest BCUT2D eigenvalue weighted by Gasteiger charge is -2.28. The van der Waals surface area contributed by atoms with E-state index in [9.17, 15) is 0 Å². The molecule has 0 unspecified atom stereocenters. The van der Waals surface area contributed by atoms with Crippen molar-refractivity contribution in [3.05, 3.63) is 188 Å². The van der Waals surface area contributed by atoms with Crippen molar-refractivity contribution in [3.8, 4) is 33.4 Å². The largest absolute Gasteiger partial charge is 0.310 e. The van der Waals surface area contributed by atoms with Gasteiger partial charge >= 0.3 is 0 Å². The van der Waals surface area contributed by atoms with E-state index in [4.69, 9.17) is 0 Å². The minimum absolute atomic E-state index is 1.11. The van der Waals surface area contributed by atoms with E-state index in [1.807, 2.05) is 11.3 Å². The molecule has 48 heavy (non-hydrogen) atoms. The summed E-state index contributed by atoms with van der Waals surface area (Å²) in [7, 11) is 0. The maximum atomic E-state index is 2.37. The molecule has 1 aromatic heterocycles. The predicted octanol–water partition coefficient (Wildman–Crippen LogP) is 13.7. The van der Waals surface area contributed by atoms with Crippen LogP contribution in [0, 0.1) is 0 Å². The molecule has 8 aromatic carbocycles. The van der Waals surface area contributed by atoms with E-state index in [-0.39, 0.29) is 0 Å². The molecular formula is C46H31NS. The molecule has 1 heterocycles. The molecule has 0 saturated heterocycles. The summed E-state index contributed by atoms with van der Waals surface area (Å²) >= 11 is 1.87. The number of rotatable bonds is 6. The van der Waals surface area contributed by atoms with E-state index >= 15 is 0 Å². The van der Waals surface area contributed by atoms with Gasteiger partial charge in [-0.25, -0.2) is 0 Å². The number of thiophene rings is 1. The second-order valence-electron chi connectivity index (χ2n) is 12.2. The van der Waals surface area contributed by atoms with Gasteiger partial charge in [-0.15, -0.1) is 11.3 Å². The van der Waals surface area contributed by atoms with Crippen molar-refractivity contribution in [2.24, 2.45) is 0 Å². The highest BCUT2D eigenvalue weighted by Gasteiger charge is 2.17. The van der Waals surface area contributed by atoms with Gasteiger partial charge in [0.15, 0.2) is 0 Å².